The molecule has 5 heteroatoms. The van der Waals surface area contributed by atoms with Crippen LogP contribution in [0.25, 0.3) is 0 Å². The van der Waals surface area contributed by atoms with Crippen LogP contribution in [0.1, 0.15) is 5.69 Å². The summed E-state index contributed by atoms with van der Waals surface area (Å²) in [6.45, 7) is 1.86. The molecular weight excluding hydrogens is 263 g/mol. The number of aromatic nitrogens is 1. The zero-order chi connectivity index (χ0) is 13.7. The van der Waals surface area contributed by atoms with Gasteiger partial charge in [-0.05, 0) is 43.3 Å². The Balaban J connectivity index is 1.86. The number of anilines is 1. The lowest BCUT2D eigenvalue weighted by Crippen LogP contribution is -2.15. The molecule has 0 radical (unpaired) electrons. The van der Waals surface area contributed by atoms with Crippen molar-refractivity contribution in [2.24, 2.45) is 0 Å². The minimum Gasteiger partial charge on any atom is -0.310 e. The van der Waals surface area contributed by atoms with E-state index in [9.17, 15) is 9.18 Å². The molecule has 98 valence electrons. The Bertz CT molecular complexity index is 572. The Hall–Kier alpha value is -1.88. The first kappa shape index (κ1) is 13.5. The highest BCUT2D eigenvalue weighted by molar-refractivity contribution is 8.00. The topological polar surface area (TPSA) is 42.0 Å². The van der Waals surface area contributed by atoms with Gasteiger partial charge in [0.05, 0.1) is 5.75 Å². The molecule has 2 aromatic rings. The molecular formula is C14H13FN2OS. The van der Waals surface area contributed by atoms with Crippen LogP contribution in [-0.2, 0) is 4.79 Å². The number of carbonyl (C=O) groups is 1. The molecule has 1 aromatic heterocycles. The van der Waals surface area contributed by atoms with Crippen LogP contribution < -0.4 is 5.32 Å². The Morgan fingerprint density at radius 3 is 2.68 bits per heavy atom. The number of aryl methyl sites for hydroxylation is 1. The van der Waals surface area contributed by atoms with Crippen molar-refractivity contribution < 1.29 is 9.18 Å². The predicted octanol–water partition coefficient (Wildman–Crippen LogP) is 3.26. The maximum atomic E-state index is 12.7. The number of rotatable bonds is 4. The third-order valence-corrected chi connectivity index (χ3v) is 3.35. The summed E-state index contributed by atoms with van der Waals surface area (Å²) in [4.78, 5) is 16.8. The number of pyridine rings is 1. The van der Waals surface area contributed by atoms with E-state index >= 15 is 0 Å². The minimum absolute atomic E-state index is 0.132. The van der Waals surface area contributed by atoms with E-state index in [2.05, 4.69) is 10.3 Å². The van der Waals surface area contributed by atoms with Gasteiger partial charge in [-0.15, -0.1) is 11.8 Å². The first-order valence-electron chi connectivity index (χ1n) is 5.75. The second-order valence-electron chi connectivity index (χ2n) is 3.95. The van der Waals surface area contributed by atoms with Gasteiger partial charge in [-0.25, -0.2) is 9.37 Å². The molecule has 0 atom stereocenters. The van der Waals surface area contributed by atoms with Crippen LogP contribution in [0.5, 0.6) is 0 Å². The molecule has 0 fully saturated rings. The second kappa shape index (κ2) is 6.33. The third-order valence-electron chi connectivity index (χ3n) is 2.34. The van der Waals surface area contributed by atoms with E-state index in [0.717, 1.165) is 10.6 Å². The molecule has 3 nitrogen and oxygen atoms in total. The number of halogens is 1. The van der Waals surface area contributed by atoms with Gasteiger partial charge in [0.1, 0.15) is 11.6 Å². The summed E-state index contributed by atoms with van der Waals surface area (Å²) in [6.07, 6.45) is 0. The van der Waals surface area contributed by atoms with E-state index in [1.807, 2.05) is 19.1 Å². The zero-order valence-corrected chi connectivity index (χ0v) is 11.2. The molecule has 1 amide bonds. The number of hydrogen-bond acceptors (Lipinski definition) is 3. The SMILES string of the molecule is Cc1cccc(NC(=O)CSc2ccc(F)cc2)n1. The third kappa shape index (κ3) is 4.37. The summed E-state index contributed by atoms with van der Waals surface area (Å²) in [5.74, 6) is 0.399. The van der Waals surface area contributed by atoms with Crippen molar-refractivity contribution in [1.82, 2.24) is 4.98 Å². The van der Waals surface area contributed by atoms with E-state index < -0.39 is 0 Å². The molecule has 0 saturated heterocycles. The molecule has 1 heterocycles. The fourth-order valence-electron chi connectivity index (χ4n) is 1.47. The molecule has 1 N–H and O–H groups in total. The van der Waals surface area contributed by atoms with Gasteiger partial charge >= 0.3 is 0 Å². The lowest BCUT2D eigenvalue weighted by molar-refractivity contribution is -0.113. The molecule has 0 spiro atoms. The maximum Gasteiger partial charge on any atom is 0.235 e. The van der Waals surface area contributed by atoms with Gasteiger partial charge in [0.2, 0.25) is 5.91 Å². The largest absolute Gasteiger partial charge is 0.310 e. The van der Waals surface area contributed by atoms with Gasteiger partial charge in [-0.2, -0.15) is 0 Å². The standard InChI is InChI=1S/C14H13FN2OS/c1-10-3-2-4-13(16-10)17-14(18)9-19-12-7-5-11(15)6-8-12/h2-8H,9H2,1H3,(H,16,17,18). The van der Waals surface area contributed by atoms with Gasteiger partial charge in [0.25, 0.3) is 0 Å². The van der Waals surface area contributed by atoms with Gasteiger partial charge in [0, 0.05) is 10.6 Å². The van der Waals surface area contributed by atoms with Crippen molar-refractivity contribution in [2.45, 2.75) is 11.8 Å². The number of nitrogens with one attached hydrogen (secondary N) is 1. The molecule has 0 saturated carbocycles. The number of thioether (sulfide) groups is 1. The van der Waals surface area contributed by atoms with Crippen LogP contribution in [0, 0.1) is 12.7 Å². The molecule has 0 bridgehead atoms. The highest BCUT2D eigenvalue weighted by atomic mass is 32.2. The smallest absolute Gasteiger partial charge is 0.235 e. The Morgan fingerprint density at radius 2 is 2.00 bits per heavy atom. The highest BCUT2D eigenvalue weighted by Crippen LogP contribution is 2.18. The van der Waals surface area contributed by atoms with Crippen molar-refractivity contribution in [3.8, 4) is 0 Å². The van der Waals surface area contributed by atoms with Gasteiger partial charge in [-0.1, -0.05) is 6.07 Å². The molecule has 0 aliphatic heterocycles. The minimum atomic E-state index is -0.280. The average molecular weight is 276 g/mol. The van der Waals surface area contributed by atoms with E-state index in [4.69, 9.17) is 0 Å². The summed E-state index contributed by atoms with van der Waals surface area (Å²) in [7, 11) is 0. The van der Waals surface area contributed by atoms with E-state index in [0.29, 0.717) is 5.82 Å². The molecule has 0 aliphatic carbocycles. The summed E-state index contributed by atoms with van der Waals surface area (Å²) in [6, 6.07) is 11.5. The second-order valence-corrected chi connectivity index (χ2v) is 5.00. The van der Waals surface area contributed by atoms with Crippen molar-refractivity contribution in [2.75, 3.05) is 11.1 Å². The van der Waals surface area contributed by atoms with Gasteiger partial charge in [0.15, 0.2) is 0 Å². The fraction of sp³-hybridized carbons (Fsp3) is 0.143. The van der Waals surface area contributed by atoms with Crippen LogP contribution >= 0.6 is 11.8 Å². The number of benzene rings is 1. The monoisotopic (exact) mass is 276 g/mol. The van der Waals surface area contributed by atoms with Crippen LogP contribution in [0.3, 0.4) is 0 Å². The van der Waals surface area contributed by atoms with Crippen molar-refractivity contribution in [3.05, 3.63) is 54.0 Å². The quantitative estimate of drug-likeness (QED) is 0.872. The summed E-state index contributed by atoms with van der Waals surface area (Å²) < 4.78 is 12.7. The lowest BCUT2D eigenvalue weighted by Gasteiger charge is -2.05. The lowest BCUT2D eigenvalue weighted by atomic mass is 10.4. The summed E-state index contributed by atoms with van der Waals surface area (Å²) in [5.41, 5.74) is 0.851. The summed E-state index contributed by atoms with van der Waals surface area (Å²) >= 11 is 1.35. The van der Waals surface area contributed by atoms with Gasteiger partial charge in [-0.3, -0.25) is 4.79 Å². The van der Waals surface area contributed by atoms with E-state index in [1.54, 1.807) is 18.2 Å². The number of amides is 1. The van der Waals surface area contributed by atoms with Crippen LogP contribution in [-0.4, -0.2) is 16.6 Å². The number of carbonyl (C=O) groups excluding carboxylic acids is 1. The molecule has 0 unspecified atom stereocenters. The number of nitrogens with zero attached hydrogens (tertiary/aromatic N) is 1. The molecule has 19 heavy (non-hydrogen) atoms. The van der Waals surface area contributed by atoms with Crippen LogP contribution in [0.4, 0.5) is 10.2 Å². The van der Waals surface area contributed by atoms with Crippen LogP contribution in [0.2, 0.25) is 0 Å². The molecule has 2 rings (SSSR count). The Labute approximate surface area is 115 Å². The Kier molecular flexibility index (Phi) is 4.52. The first-order chi connectivity index (χ1) is 9.13. The average Bonchev–Trinajstić information content (AvgIpc) is 2.38. The summed E-state index contributed by atoms with van der Waals surface area (Å²) in [5, 5.41) is 2.72. The molecule has 0 aliphatic rings. The van der Waals surface area contributed by atoms with Gasteiger partial charge < -0.3 is 5.32 Å². The highest BCUT2D eigenvalue weighted by Gasteiger charge is 2.04. The number of hydrogen-bond donors (Lipinski definition) is 1. The first-order valence-corrected chi connectivity index (χ1v) is 6.74. The normalized spacial score (nSPS) is 10.2. The van der Waals surface area contributed by atoms with Crippen molar-refractivity contribution >= 4 is 23.5 Å². The fourth-order valence-corrected chi connectivity index (χ4v) is 2.17. The van der Waals surface area contributed by atoms with Crippen molar-refractivity contribution in [3.63, 3.8) is 0 Å². The zero-order valence-electron chi connectivity index (χ0n) is 10.4. The van der Waals surface area contributed by atoms with Crippen LogP contribution in [0.15, 0.2) is 47.4 Å². The van der Waals surface area contributed by atoms with Crippen molar-refractivity contribution in [1.29, 1.82) is 0 Å². The van der Waals surface area contributed by atoms with E-state index in [-0.39, 0.29) is 17.5 Å². The molecule has 1 aromatic carbocycles. The predicted molar refractivity (Wildman–Crippen MR) is 74.7 cm³/mol. The van der Waals surface area contributed by atoms with E-state index in [1.165, 1.54) is 23.9 Å². The Morgan fingerprint density at radius 1 is 1.26 bits per heavy atom. The maximum absolute atomic E-state index is 12.7.